The summed E-state index contributed by atoms with van der Waals surface area (Å²) < 4.78 is 0. The first kappa shape index (κ1) is 26.9. The number of carbonyl (C=O) groups excluding carboxylic acids is 1. The van der Waals surface area contributed by atoms with Gasteiger partial charge in [-0.2, -0.15) is 0 Å². The van der Waals surface area contributed by atoms with Crippen molar-refractivity contribution in [1.29, 1.82) is 0 Å². The number of halogens is 3. The first-order valence-corrected chi connectivity index (χ1v) is 10.1. The van der Waals surface area contributed by atoms with Gasteiger partial charge in [-0.25, -0.2) is 4.98 Å². The van der Waals surface area contributed by atoms with E-state index in [2.05, 4.69) is 32.4 Å². The van der Waals surface area contributed by atoms with Crippen molar-refractivity contribution in [1.82, 2.24) is 20.1 Å². The molecular weight excluding hydrogens is 427 g/mol. The minimum Gasteiger partial charge on any atom is -0.340 e. The molecule has 3 rings (SSSR count). The van der Waals surface area contributed by atoms with Crippen LogP contribution in [0.25, 0.3) is 0 Å². The molecule has 1 amide bonds. The monoisotopic (exact) mass is 458 g/mol. The summed E-state index contributed by atoms with van der Waals surface area (Å²) in [6.07, 6.45) is 3.22. The Morgan fingerprint density at radius 3 is 2.56 bits per heavy atom. The van der Waals surface area contributed by atoms with Gasteiger partial charge in [0.1, 0.15) is 0 Å². The summed E-state index contributed by atoms with van der Waals surface area (Å²) in [6, 6.07) is 0. The summed E-state index contributed by atoms with van der Waals surface area (Å²) in [5.74, 6) is 1.50. The van der Waals surface area contributed by atoms with Gasteiger partial charge in [-0.05, 0) is 44.7 Å². The number of nitrogens with zero attached hydrogens (tertiary/aromatic N) is 3. The van der Waals surface area contributed by atoms with E-state index < -0.39 is 0 Å². The SMILES string of the molecule is Cc1nc(CN2CCN(C(=O)CC(C)C3CCCNC3)CC2)cs1.Cl.Cl.Cl. The summed E-state index contributed by atoms with van der Waals surface area (Å²) in [4.78, 5) is 21.6. The highest BCUT2D eigenvalue weighted by molar-refractivity contribution is 7.09. The average molecular weight is 460 g/mol. The number of piperidine rings is 1. The lowest BCUT2D eigenvalue weighted by atomic mass is 9.85. The molecule has 9 heteroatoms. The van der Waals surface area contributed by atoms with Crippen LogP contribution in [0.3, 0.4) is 0 Å². The average Bonchev–Trinajstić information content (AvgIpc) is 3.01. The van der Waals surface area contributed by atoms with Crippen molar-refractivity contribution < 1.29 is 4.79 Å². The molecule has 0 saturated carbocycles. The number of thiazole rings is 1. The minimum atomic E-state index is 0. The molecule has 2 fully saturated rings. The lowest BCUT2D eigenvalue weighted by molar-refractivity contribution is -0.134. The molecule has 2 aliphatic rings. The van der Waals surface area contributed by atoms with Crippen LogP contribution in [0, 0.1) is 18.8 Å². The fraction of sp³-hybridized carbons (Fsp3) is 0.778. The highest BCUT2D eigenvalue weighted by Crippen LogP contribution is 2.23. The van der Waals surface area contributed by atoms with Crippen molar-refractivity contribution in [2.75, 3.05) is 39.3 Å². The van der Waals surface area contributed by atoms with Gasteiger partial charge in [0.15, 0.2) is 0 Å². The highest BCUT2D eigenvalue weighted by atomic mass is 35.5. The van der Waals surface area contributed by atoms with E-state index in [1.807, 2.05) is 6.92 Å². The Balaban J connectivity index is 0.00000225. The van der Waals surface area contributed by atoms with Crippen LogP contribution >= 0.6 is 48.6 Å². The standard InChI is InChI=1S/C18H30N4OS.3ClH/c1-14(16-4-3-5-19-11-16)10-18(23)22-8-6-21(7-9-22)12-17-13-24-15(2)20-17;;;/h13-14,16,19H,3-12H2,1-2H3;3*1H. The van der Waals surface area contributed by atoms with E-state index in [0.29, 0.717) is 24.2 Å². The van der Waals surface area contributed by atoms with E-state index in [0.717, 1.165) is 56.5 Å². The molecule has 1 aromatic rings. The van der Waals surface area contributed by atoms with Crippen LogP contribution in [0.15, 0.2) is 5.38 Å². The number of aromatic nitrogens is 1. The predicted molar refractivity (Wildman–Crippen MR) is 120 cm³/mol. The van der Waals surface area contributed by atoms with Crippen LogP contribution in [0.4, 0.5) is 0 Å². The largest absolute Gasteiger partial charge is 0.340 e. The second-order valence-electron chi connectivity index (χ2n) is 7.30. The lowest BCUT2D eigenvalue weighted by Gasteiger charge is -2.36. The van der Waals surface area contributed by atoms with Crippen LogP contribution in [-0.2, 0) is 11.3 Å². The van der Waals surface area contributed by atoms with E-state index in [-0.39, 0.29) is 37.2 Å². The minimum absolute atomic E-state index is 0. The van der Waals surface area contributed by atoms with E-state index in [1.165, 1.54) is 12.8 Å². The van der Waals surface area contributed by atoms with Gasteiger partial charge in [-0.15, -0.1) is 48.6 Å². The molecular formula is C18H33Cl3N4OS. The summed E-state index contributed by atoms with van der Waals surface area (Å²) in [7, 11) is 0. The molecule has 0 radical (unpaired) electrons. The number of amides is 1. The Morgan fingerprint density at radius 1 is 1.30 bits per heavy atom. The van der Waals surface area contributed by atoms with Crippen LogP contribution in [-0.4, -0.2) is 60.0 Å². The van der Waals surface area contributed by atoms with Crippen LogP contribution < -0.4 is 5.32 Å². The molecule has 2 aliphatic heterocycles. The first-order valence-electron chi connectivity index (χ1n) is 9.23. The molecule has 2 atom stereocenters. The van der Waals surface area contributed by atoms with Gasteiger partial charge >= 0.3 is 0 Å². The van der Waals surface area contributed by atoms with Crippen LogP contribution in [0.1, 0.15) is 36.9 Å². The maximum absolute atomic E-state index is 12.6. The molecule has 158 valence electrons. The Bertz CT molecular complexity index is 546. The zero-order chi connectivity index (χ0) is 16.9. The number of hydrogen-bond donors (Lipinski definition) is 1. The van der Waals surface area contributed by atoms with E-state index in [4.69, 9.17) is 0 Å². The van der Waals surface area contributed by atoms with Gasteiger partial charge < -0.3 is 10.2 Å². The van der Waals surface area contributed by atoms with Crippen molar-refractivity contribution in [2.24, 2.45) is 11.8 Å². The number of nitrogens with one attached hydrogen (secondary N) is 1. The summed E-state index contributed by atoms with van der Waals surface area (Å²) in [6.45, 7) is 11.1. The summed E-state index contributed by atoms with van der Waals surface area (Å²) in [5.41, 5.74) is 1.16. The maximum atomic E-state index is 12.6. The number of hydrogen-bond acceptors (Lipinski definition) is 5. The first-order chi connectivity index (χ1) is 11.6. The van der Waals surface area contributed by atoms with Crippen molar-refractivity contribution in [3.05, 3.63) is 16.1 Å². The van der Waals surface area contributed by atoms with Gasteiger partial charge in [0.25, 0.3) is 0 Å². The topological polar surface area (TPSA) is 48.5 Å². The van der Waals surface area contributed by atoms with E-state index >= 15 is 0 Å². The zero-order valence-electron chi connectivity index (χ0n) is 16.2. The Kier molecular flexibility index (Phi) is 13.1. The molecule has 2 unspecified atom stereocenters. The van der Waals surface area contributed by atoms with Crippen molar-refractivity contribution in [3.8, 4) is 0 Å². The number of rotatable bonds is 5. The zero-order valence-corrected chi connectivity index (χ0v) is 19.5. The van der Waals surface area contributed by atoms with Gasteiger partial charge in [-0.3, -0.25) is 9.69 Å². The van der Waals surface area contributed by atoms with Gasteiger partial charge in [0.2, 0.25) is 5.91 Å². The van der Waals surface area contributed by atoms with Crippen molar-refractivity contribution in [2.45, 2.75) is 39.7 Å². The van der Waals surface area contributed by atoms with Gasteiger partial charge in [0, 0.05) is 44.5 Å². The quantitative estimate of drug-likeness (QED) is 0.733. The molecule has 3 heterocycles. The third-order valence-corrected chi connectivity index (χ3v) is 6.24. The molecule has 1 aromatic heterocycles. The fourth-order valence-electron chi connectivity index (χ4n) is 3.80. The molecule has 1 N–H and O–H groups in total. The number of piperazine rings is 1. The second-order valence-corrected chi connectivity index (χ2v) is 8.36. The third-order valence-electron chi connectivity index (χ3n) is 5.41. The summed E-state index contributed by atoms with van der Waals surface area (Å²) in [5, 5.41) is 6.74. The van der Waals surface area contributed by atoms with E-state index in [1.54, 1.807) is 11.3 Å². The third kappa shape index (κ3) is 8.03. The highest BCUT2D eigenvalue weighted by Gasteiger charge is 2.26. The number of aryl methyl sites for hydroxylation is 1. The second kappa shape index (κ2) is 13.2. The van der Waals surface area contributed by atoms with Gasteiger partial charge in [0.05, 0.1) is 10.7 Å². The van der Waals surface area contributed by atoms with Crippen LogP contribution in [0.5, 0.6) is 0 Å². The molecule has 0 aromatic carbocycles. The van der Waals surface area contributed by atoms with Crippen molar-refractivity contribution in [3.63, 3.8) is 0 Å². The molecule has 2 saturated heterocycles. The normalized spacial score (nSPS) is 21.4. The van der Waals surface area contributed by atoms with Gasteiger partial charge in [-0.1, -0.05) is 6.92 Å². The summed E-state index contributed by atoms with van der Waals surface area (Å²) >= 11 is 1.71. The molecule has 0 aliphatic carbocycles. The number of carbonyl (C=O) groups is 1. The molecule has 5 nitrogen and oxygen atoms in total. The fourth-order valence-corrected chi connectivity index (χ4v) is 4.40. The van der Waals surface area contributed by atoms with E-state index in [9.17, 15) is 4.79 Å². The smallest absolute Gasteiger partial charge is 0.222 e. The molecule has 0 bridgehead atoms. The van der Waals surface area contributed by atoms with Crippen LogP contribution in [0.2, 0.25) is 0 Å². The Hall–Kier alpha value is -0.110. The van der Waals surface area contributed by atoms with Crippen molar-refractivity contribution >= 4 is 54.5 Å². The predicted octanol–water partition coefficient (Wildman–Crippen LogP) is 3.39. The Morgan fingerprint density at radius 2 is 2.00 bits per heavy atom. The Labute approximate surface area is 185 Å². The lowest BCUT2D eigenvalue weighted by Crippen LogP contribution is -2.49. The molecule has 27 heavy (non-hydrogen) atoms. The maximum Gasteiger partial charge on any atom is 0.222 e. The molecule has 0 spiro atoms.